The number of hydrogen-bond acceptors (Lipinski definition) is 4. The number of esters is 1. The fraction of sp³-hybridized carbons (Fsp3) is 0.471. The van der Waals surface area contributed by atoms with Crippen LogP contribution in [0.5, 0.6) is 0 Å². The minimum Gasteiger partial charge on any atom is -0.469 e. The van der Waals surface area contributed by atoms with Crippen molar-refractivity contribution < 1.29 is 19.1 Å². The van der Waals surface area contributed by atoms with Gasteiger partial charge in [-0.25, -0.2) is 0 Å². The molecule has 1 aromatic carbocycles. The summed E-state index contributed by atoms with van der Waals surface area (Å²) in [4.78, 5) is 34.4. The molecule has 0 saturated carbocycles. The van der Waals surface area contributed by atoms with E-state index in [9.17, 15) is 14.4 Å². The van der Waals surface area contributed by atoms with Gasteiger partial charge in [-0.2, -0.15) is 0 Å². The number of carbonyl (C=O) groups excluding carboxylic acids is 3. The Labute approximate surface area is 126 Å². The van der Waals surface area contributed by atoms with Crippen LogP contribution in [-0.2, 0) is 20.7 Å². The van der Waals surface area contributed by atoms with Crippen molar-refractivity contribution in [2.75, 3.05) is 7.11 Å². The van der Waals surface area contributed by atoms with Gasteiger partial charge in [-0.15, -0.1) is 0 Å². The van der Waals surface area contributed by atoms with Crippen molar-refractivity contribution in [2.45, 2.75) is 40.5 Å². The first kappa shape index (κ1) is 19.0. The smallest absolute Gasteiger partial charge is 0.308 e. The second-order valence-electron chi connectivity index (χ2n) is 4.82. The minimum absolute atomic E-state index is 0. The standard InChI is InChI=1S/C16H20O4.CH4/c1-4-14(17)10-15(18)13-7-5-12(6-8-13)9-11(2)16(19)20-3;/h5-8,11H,4,9-10H2,1-3H3;1H4. The second-order valence-corrected chi connectivity index (χ2v) is 4.82. The summed E-state index contributed by atoms with van der Waals surface area (Å²) in [6.07, 6.45) is 0.893. The van der Waals surface area contributed by atoms with Crippen molar-refractivity contribution in [1.29, 1.82) is 0 Å². The van der Waals surface area contributed by atoms with E-state index >= 15 is 0 Å². The average molecular weight is 292 g/mol. The third-order valence-corrected chi connectivity index (χ3v) is 3.17. The van der Waals surface area contributed by atoms with Gasteiger partial charge in [0.1, 0.15) is 5.78 Å². The summed E-state index contributed by atoms with van der Waals surface area (Å²) in [6.45, 7) is 3.54. The predicted molar refractivity (Wildman–Crippen MR) is 82.3 cm³/mol. The van der Waals surface area contributed by atoms with Gasteiger partial charge in [-0.05, 0) is 12.0 Å². The first-order valence-electron chi connectivity index (χ1n) is 6.69. The normalized spacial score (nSPS) is 11.2. The number of methoxy groups -OCH3 is 1. The number of hydrogen-bond donors (Lipinski definition) is 0. The van der Waals surface area contributed by atoms with Gasteiger partial charge in [0.05, 0.1) is 19.4 Å². The second kappa shape index (κ2) is 9.06. The van der Waals surface area contributed by atoms with Crippen LogP contribution in [0.4, 0.5) is 0 Å². The van der Waals surface area contributed by atoms with E-state index in [1.54, 1.807) is 26.0 Å². The Morgan fingerprint density at radius 1 is 1.14 bits per heavy atom. The molecular formula is C17H24O4. The van der Waals surface area contributed by atoms with Crippen LogP contribution >= 0.6 is 0 Å². The SMILES string of the molecule is C.CCC(=O)CC(=O)c1ccc(CC(C)C(=O)OC)cc1. The van der Waals surface area contributed by atoms with Crippen LogP contribution in [0, 0.1) is 5.92 Å². The number of benzene rings is 1. The lowest BCUT2D eigenvalue weighted by Crippen LogP contribution is -2.15. The van der Waals surface area contributed by atoms with Crippen LogP contribution < -0.4 is 0 Å². The monoisotopic (exact) mass is 292 g/mol. The summed E-state index contributed by atoms with van der Waals surface area (Å²) in [5.41, 5.74) is 1.49. The maximum atomic E-state index is 11.8. The highest BCUT2D eigenvalue weighted by molar-refractivity contribution is 6.07. The molecule has 21 heavy (non-hydrogen) atoms. The summed E-state index contributed by atoms with van der Waals surface area (Å²) in [6, 6.07) is 7.02. The lowest BCUT2D eigenvalue weighted by molar-refractivity contribution is -0.144. The highest BCUT2D eigenvalue weighted by Crippen LogP contribution is 2.13. The Kier molecular flexibility index (Phi) is 8.21. The zero-order chi connectivity index (χ0) is 15.1. The van der Waals surface area contributed by atoms with Gasteiger partial charge in [0.15, 0.2) is 5.78 Å². The first-order chi connectivity index (χ1) is 9.47. The zero-order valence-electron chi connectivity index (χ0n) is 12.1. The van der Waals surface area contributed by atoms with Crippen molar-refractivity contribution in [3.63, 3.8) is 0 Å². The quantitative estimate of drug-likeness (QED) is 0.440. The van der Waals surface area contributed by atoms with Crippen molar-refractivity contribution >= 4 is 17.5 Å². The van der Waals surface area contributed by atoms with E-state index in [-0.39, 0.29) is 37.3 Å². The van der Waals surface area contributed by atoms with Gasteiger partial charge < -0.3 is 4.74 Å². The Morgan fingerprint density at radius 3 is 2.19 bits per heavy atom. The summed E-state index contributed by atoms with van der Waals surface area (Å²) in [5, 5.41) is 0. The highest BCUT2D eigenvalue weighted by atomic mass is 16.5. The molecule has 0 aliphatic carbocycles. The molecule has 0 aliphatic rings. The lowest BCUT2D eigenvalue weighted by Gasteiger charge is -2.09. The molecule has 0 saturated heterocycles. The van der Waals surface area contributed by atoms with E-state index < -0.39 is 0 Å². The molecule has 0 aromatic heterocycles. The molecule has 0 radical (unpaired) electrons. The third-order valence-electron chi connectivity index (χ3n) is 3.17. The third kappa shape index (κ3) is 5.90. The molecule has 1 rings (SSSR count). The van der Waals surface area contributed by atoms with Crippen molar-refractivity contribution in [2.24, 2.45) is 5.92 Å². The fourth-order valence-corrected chi connectivity index (χ4v) is 1.87. The Morgan fingerprint density at radius 2 is 1.71 bits per heavy atom. The van der Waals surface area contributed by atoms with E-state index in [2.05, 4.69) is 4.74 Å². The summed E-state index contributed by atoms with van der Waals surface area (Å²) < 4.78 is 4.67. The number of carbonyl (C=O) groups is 3. The Balaban J connectivity index is 0.00000400. The fourth-order valence-electron chi connectivity index (χ4n) is 1.87. The summed E-state index contributed by atoms with van der Waals surface area (Å²) >= 11 is 0. The van der Waals surface area contributed by atoms with Crippen LogP contribution in [-0.4, -0.2) is 24.6 Å². The summed E-state index contributed by atoms with van der Waals surface area (Å²) in [5.74, 6) is -0.690. The molecule has 1 unspecified atom stereocenters. The molecule has 0 bridgehead atoms. The van der Waals surface area contributed by atoms with Crippen molar-refractivity contribution in [1.82, 2.24) is 0 Å². The minimum atomic E-state index is -0.251. The van der Waals surface area contributed by atoms with Crippen LogP contribution in [0.1, 0.15) is 50.0 Å². The van der Waals surface area contributed by atoms with Crippen LogP contribution in [0.25, 0.3) is 0 Å². The predicted octanol–water partition coefficient (Wildman–Crippen LogP) is 3.23. The molecule has 0 N–H and O–H groups in total. The molecule has 0 aliphatic heterocycles. The topological polar surface area (TPSA) is 60.4 Å². The largest absolute Gasteiger partial charge is 0.469 e. The number of rotatable bonds is 7. The van der Waals surface area contributed by atoms with Gasteiger partial charge in [0.2, 0.25) is 0 Å². The van der Waals surface area contributed by atoms with Gasteiger partial charge in [0.25, 0.3) is 0 Å². The van der Waals surface area contributed by atoms with Gasteiger partial charge >= 0.3 is 5.97 Å². The van der Waals surface area contributed by atoms with E-state index in [0.29, 0.717) is 18.4 Å². The van der Waals surface area contributed by atoms with Gasteiger partial charge in [0, 0.05) is 12.0 Å². The Hall–Kier alpha value is -1.97. The van der Waals surface area contributed by atoms with Crippen LogP contribution in [0.15, 0.2) is 24.3 Å². The summed E-state index contributed by atoms with van der Waals surface area (Å²) in [7, 11) is 1.37. The molecule has 116 valence electrons. The number of ether oxygens (including phenoxy) is 1. The van der Waals surface area contributed by atoms with E-state index in [1.165, 1.54) is 7.11 Å². The number of Topliss-reactive ketones (excluding diaryl/α,β-unsaturated/α-hetero) is 2. The molecule has 0 spiro atoms. The average Bonchev–Trinajstić information content (AvgIpc) is 2.46. The molecule has 0 fully saturated rings. The van der Waals surface area contributed by atoms with E-state index in [1.807, 2.05) is 12.1 Å². The maximum absolute atomic E-state index is 11.8. The highest BCUT2D eigenvalue weighted by Gasteiger charge is 2.14. The molecule has 4 heteroatoms. The zero-order valence-corrected chi connectivity index (χ0v) is 12.1. The van der Waals surface area contributed by atoms with Crippen LogP contribution in [0.2, 0.25) is 0 Å². The van der Waals surface area contributed by atoms with Gasteiger partial charge in [-0.1, -0.05) is 45.5 Å². The van der Waals surface area contributed by atoms with Crippen molar-refractivity contribution in [3.05, 3.63) is 35.4 Å². The molecular weight excluding hydrogens is 268 g/mol. The van der Waals surface area contributed by atoms with E-state index in [0.717, 1.165) is 5.56 Å². The van der Waals surface area contributed by atoms with Crippen molar-refractivity contribution in [3.8, 4) is 0 Å². The van der Waals surface area contributed by atoms with Gasteiger partial charge in [-0.3, -0.25) is 14.4 Å². The lowest BCUT2D eigenvalue weighted by atomic mass is 9.98. The number of ketones is 2. The molecule has 0 amide bonds. The van der Waals surface area contributed by atoms with E-state index in [4.69, 9.17) is 0 Å². The molecule has 1 atom stereocenters. The maximum Gasteiger partial charge on any atom is 0.308 e. The molecule has 0 heterocycles. The molecule has 1 aromatic rings. The van der Waals surface area contributed by atoms with Crippen LogP contribution in [0.3, 0.4) is 0 Å². The first-order valence-corrected chi connectivity index (χ1v) is 6.69. The Bertz CT molecular complexity index is 488. The molecule has 4 nitrogen and oxygen atoms in total.